The monoisotopic (exact) mass is 483 g/mol. The number of hydrogen-bond donors (Lipinski definition) is 1. The van der Waals surface area contributed by atoms with E-state index in [1.165, 1.54) is 18.3 Å². The van der Waals surface area contributed by atoms with Crippen LogP contribution in [0.15, 0.2) is 48.7 Å². The van der Waals surface area contributed by atoms with Crippen molar-refractivity contribution in [3.05, 3.63) is 82.6 Å². The minimum absolute atomic E-state index is 0.157. The summed E-state index contributed by atoms with van der Waals surface area (Å²) in [5.74, 6) is 0.539. The van der Waals surface area contributed by atoms with Crippen molar-refractivity contribution < 1.29 is 18.7 Å². The van der Waals surface area contributed by atoms with E-state index >= 15 is 0 Å². The number of nitrogens with one attached hydrogen (secondary N) is 1. The average molecular weight is 484 g/mol. The number of ether oxygens (including phenoxy) is 2. The molecule has 4 rings (SSSR count). The molecule has 0 aliphatic carbocycles. The first-order chi connectivity index (χ1) is 16.5. The largest absolute Gasteiger partial charge is 0.495 e. The van der Waals surface area contributed by atoms with Gasteiger partial charge < -0.3 is 19.7 Å². The lowest BCUT2D eigenvalue weighted by Crippen LogP contribution is -2.32. The molecule has 2 aromatic carbocycles. The number of methoxy groups -OCH3 is 1. The molecule has 1 aromatic heterocycles. The Bertz CT molecular complexity index is 1140. The maximum absolute atomic E-state index is 13.1. The van der Waals surface area contributed by atoms with Crippen LogP contribution in [0.3, 0.4) is 0 Å². The zero-order chi connectivity index (χ0) is 23.9. The molecule has 1 aliphatic rings. The van der Waals surface area contributed by atoms with Gasteiger partial charge >= 0.3 is 0 Å². The molecule has 1 amide bonds. The van der Waals surface area contributed by atoms with E-state index in [1.807, 2.05) is 11.0 Å². The first kappa shape index (κ1) is 23.8. The molecule has 1 radical (unpaired) electrons. The molecule has 0 spiro atoms. The Labute approximate surface area is 202 Å². The number of halogens is 2. The third-order valence-electron chi connectivity index (χ3n) is 5.41. The number of anilines is 1. The SMILES string of the molecule is COc1ccc(COc2nc(N3C[CH]CCC3)ncc2C(=O)NCc2ccc(F)cc2)cc1Cl. The molecule has 1 aliphatic heterocycles. The second-order valence-corrected chi connectivity index (χ2v) is 8.24. The van der Waals surface area contributed by atoms with Gasteiger partial charge in [0.25, 0.3) is 5.91 Å². The number of carbonyl (C=O) groups is 1. The minimum Gasteiger partial charge on any atom is -0.495 e. The number of benzene rings is 2. The van der Waals surface area contributed by atoms with Gasteiger partial charge in [-0.2, -0.15) is 4.98 Å². The molecule has 1 saturated heterocycles. The Balaban J connectivity index is 1.53. The molecule has 2 heterocycles. The summed E-state index contributed by atoms with van der Waals surface area (Å²) >= 11 is 6.23. The van der Waals surface area contributed by atoms with Crippen LogP contribution in [0.25, 0.3) is 0 Å². The van der Waals surface area contributed by atoms with Crippen LogP contribution in [0, 0.1) is 12.2 Å². The fourth-order valence-electron chi connectivity index (χ4n) is 3.55. The molecule has 3 aromatic rings. The Morgan fingerprint density at radius 1 is 1.21 bits per heavy atom. The number of carbonyl (C=O) groups excluding carboxylic acids is 1. The number of amides is 1. The highest BCUT2D eigenvalue weighted by Crippen LogP contribution is 2.27. The highest BCUT2D eigenvalue weighted by molar-refractivity contribution is 6.32. The van der Waals surface area contributed by atoms with E-state index in [2.05, 4.69) is 21.7 Å². The maximum Gasteiger partial charge on any atom is 0.258 e. The highest BCUT2D eigenvalue weighted by Gasteiger charge is 2.20. The summed E-state index contributed by atoms with van der Waals surface area (Å²) in [6.07, 6.45) is 5.73. The molecule has 0 atom stereocenters. The topological polar surface area (TPSA) is 76.6 Å². The van der Waals surface area contributed by atoms with Gasteiger partial charge in [0.2, 0.25) is 11.8 Å². The number of piperidine rings is 1. The summed E-state index contributed by atoms with van der Waals surface area (Å²) in [5, 5.41) is 3.28. The van der Waals surface area contributed by atoms with Gasteiger partial charge in [-0.1, -0.05) is 29.8 Å². The zero-order valence-electron chi connectivity index (χ0n) is 18.8. The lowest BCUT2D eigenvalue weighted by Gasteiger charge is -2.26. The van der Waals surface area contributed by atoms with Crippen LogP contribution in [-0.2, 0) is 13.2 Å². The Morgan fingerprint density at radius 3 is 2.71 bits per heavy atom. The second kappa shape index (κ2) is 11.2. The van der Waals surface area contributed by atoms with Crippen molar-refractivity contribution in [1.29, 1.82) is 0 Å². The summed E-state index contributed by atoms with van der Waals surface area (Å²) in [6, 6.07) is 11.3. The van der Waals surface area contributed by atoms with Crippen molar-refractivity contribution in [3.8, 4) is 11.6 Å². The second-order valence-electron chi connectivity index (χ2n) is 7.83. The lowest BCUT2D eigenvalue weighted by molar-refractivity contribution is 0.0945. The van der Waals surface area contributed by atoms with Gasteiger partial charge in [-0.3, -0.25) is 4.79 Å². The molecule has 9 heteroatoms. The molecular weight excluding hydrogens is 459 g/mol. The van der Waals surface area contributed by atoms with Gasteiger partial charge in [0.05, 0.1) is 12.1 Å². The van der Waals surface area contributed by atoms with Crippen LogP contribution in [0.5, 0.6) is 11.6 Å². The minimum atomic E-state index is -0.385. The van der Waals surface area contributed by atoms with E-state index in [1.54, 1.807) is 31.4 Å². The summed E-state index contributed by atoms with van der Waals surface area (Å²) < 4.78 is 24.3. The number of nitrogens with zero attached hydrogens (tertiary/aromatic N) is 3. The summed E-state index contributed by atoms with van der Waals surface area (Å²) in [4.78, 5) is 24.0. The van der Waals surface area contributed by atoms with Gasteiger partial charge in [-0.15, -0.1) is 0 Å². The van der Waals surface area contributed by atoms with E-state index in [-0.39, 0.29) is 36.3 Å². The van der Waals surface area contributed by atoms with Crippen molar-refractivity contribution in [3.63, 3.8) is 0 Å². The number of hydrogen-bond acceptors (Lipinski definition) is 6. The normalized spacial score (nSPS) is 13.4. The first-order valence-electron chi connectivity index (χ1n) is 10.9. The Morgan fingerprint density at radius 2 is 2.00 bits per heavy atom. The van der Waals surface area contributed by atoms with E-state index in [4.69, 9.17) is 21.1 Å². The smallest absolute Gasteiger partial charge is 0.258 e. The predicted octanol–water partition coefficient (Wildman–Crippen LogP) is 4.59. The third kappa shape index (κ3) is 5.94. The molecule has 1 fully saturated rings. The van der Waals surface area contributed by atoms with Gasteiger partial charge in [0.1, 0.15) is 23.7 Å². The van der Waals surface area contributed by atoms with Gasteiger partial charge in [-0.25, -0.2) is 9.37 Å². The average Bonchev–Trinajstić information content (AvgIpc) is 2.87. The predicted molar refractivity (Wildman–Crippen MR) is 128 cm³/mol. The Kier molecular flexibility index (Phi) is 7.80. The van der Waals surface area contributed by atoms with Crippen LogP contribution < -0.4 is 19.7 Å². The molecule has 1 N–H and O–H groups in total. The van der Waals surface area contributed by atoms with Crippen LogP contribution in [-0.4, -0.2) is 36.1 Å². The maximum atomic E-state index is 13.1. The van der Waals surface area contributed by atoms with E-state index in [0.29, 0.717) is 16.7 Å². The number of rotatable bonds is 8. The van der Waals surface area contributed by atoms with Crippen LogP contribution >= 0.6 is 11.6 Å². The molecular formula is C25H25ClFN4O3. The van der Waals surface area contributed by atoms with Crippen LogP contribution in [0.4, 0.5) is 10.3 Å². The number of aromatic nitrogens is 2. The molecule has 0 bridgehead atoms. The lowest BCUT2D eigenvalue weighted by atomic mass is 10.1. The molecule has 177 valence electrons. The summed E-state index contributed by atoms with van der Waals surface area (Å²) in [7, 11) is 1.55. The van der Waals surface area contributed by atoms with Crippen molar-refractivity contribution in [2.45, 2.75) is 26.0 Å². The molecule has 7 nitrogen and oxygen atoms in total. The summed E-state index contributed by atoms with van der Waals surface area (Å²) in [6.45, 7) is 1.96. The van der Waals surface area contributed by atoms with E-state index < -0.39 is 0 Å². The van der Waals surface area contributed by atoms with Crippen LogP contribution in [0.1, 0.15) is 34.3 Å². The van der Waals surface area contributed by atoms with Crippen molar-refractivity contribution >= 4 is 23.5 Å². The van der Waals surface area contributed by atoms with Crippen LogP contribution in [0.2, 0.25) is 5.02 Å². The van der Waals surface area contributed by atoms with Gasteiger partial charge in [0, 0.05) is 25.8 Å². The molecule has 0 unspecified atom stereocenters. The van der Waals surface area contributed by atoms with Crippen molar-refractivity contribution in [2.24, 2.45) is 0 Å². The van der Waals surface area contributed by atoms with E-state index in [0.717, 1.165) is 37.1 Å². The quantitative estimate of drug-likeness (QED) is 0.505. The fourth-order valence-corrected chi connectivity index (χ4v) is 3.83. The Hall–Kier alpha value is -3.39. The standard InChI is InChI=1S/C25H25ClFN4O3/c1-33-22-10-7-18(13-21(22)26)16-34-24-20(15-29-25(30-24)31-11-3-2-4-12-31)23(32)28-14-17-5-8-19(27)9-6-17/h3,5-10,13,15H,2,4,11-12,14,16H2,1H3,(H,28,32). The van der Waals surface area contributed by atoms with Gasteiger partial charge in [-0.05, 0) is 54.7 Å². The third-order valence-corrected chi connectivity index (χ3v) is 5.71. The highest BCUT2D eigenvalue weighted by atomic mass is 35.5. The first-order valence-corrected chi connectivity index (χ1v) is 11.3. The van der Waals surface area contributed by atoms with E-state index in [9.17, 15) is 9.18 Å². The fraction of sp³-hybridized carbons (Fsp3) is 0.280. The summed E-state index contributed by atoms with van der Waals surface area (Å²) in [5.41, 5.74) is 1.79. The molecule has 34 heavy (non-hydrogen) atoms. The van der Waals surface area contributed by atoms with Crippen molar-refractivity contribution in [2.75, 3.05) is 25.1 Å². The van der Waals surface area contributed by atoms with Crippen molar-refractivity contribution in [1.82, 2.24) is 15.3 Å². The zero-order valence-corrected chi connectivity index (χ0v) is 19.5. The molecule has 0 saturated carbocycles. The van der Waals surface area contributed by atoms with Gasteiger partial charge in [0.15, 0.2) is 0 Å².